The maximum Gasteiger partial charge on any atom is 0.261 e. The summed E-state index contributed by atoms with van der Waals surface area (Å²) in [7, 11) is 0. The van der Waals surface area contributed by atoms with Gasteiger partial charge in [0.25, 0.3) is 11.5 Å². The largest absolute Gasteiger partial charge is 0.338 e. The molecule has 2 heterocycles. The molecule has 0 radical (unpaired) electrons. The number of nitrogens with zero attached hydrogens (tertiary/aromatic N) is 1. The van der Waals surface area contributed by atoms with Crippen molar-refractivity contribution in [2.75, 3.05) is 19.6 Å². The molecule has 5 nitrogen and oxygen atoms in total. The number of aromatic nitrogens is 1. The molecular formula is C19H28ClN3O2. The van der Waals surface area contributed by atoms with Gasteiger partial charge in [-0.05, 0) is 75.5 Å². The first-order chi connectivity index (χ1) is 11.7. The van der Waals surface area contributed by atoms with E-state index in [1.54, 1.807) is 0 Å². The summed E-state index contributed by atoms with van der Waals surface area (Å²) in [6.45, 7) is 2.62. The molecule has 1 saturated heterocycles. The van der Waals surface area contributed by atoms with Gasteiger partial charge in [0.15, 0.2) is 0 Å². The number of likely N-dealkylation sites (tertiary alicyclic amines) is 1. The predicted octanol–water partition coefficient (Wildman–Crippen LogP) is 2.28. The SMILES string of the molecule is Cl.O=C(c1cc2c([nH]c1=O)CCCC2)N1CCC(NCC2CC2)CC1. The van der Waals surface area contributed by atoms with E-state index in [4.69, 9.17) is 0 Å². The smallest absolute Gasteiger partial charge is 0.261 e. The zero-order valence-electron chi connectivity index (χ0n) is 14.7. The number of halogens is 1. The van der Waals surface area contributed by atoms with Crippen LogP contribution in [0.5, 0.6) is 0 Å². The van der Waals surface area contributed by atoms with E-state index in [9.17, 15) is 9.59 Å². The molecule has 0 aromatic carbocycles. The van der Waals surface area contributed by atoms with Gasteiger partial charge in [-0.2, -0.15) is 0 Å². The fourth-order valence-corrected chi connectivity index (χ4v) is 3.95. The number of fused-ring (bicyclic) bond motifs is 1. The Morgan fingerprint density at radius 2 is 1.88 bits per heavy atom. The molecule has 138 valence electrons. The van der Waals surface area contributed by atoms with Crippen LogP contribution in [0.2, 0.25) is 0 Å². The van der Waals surface area contributed by atoms with Crippen LogP contribution in [-0.2, 0) is 12.8 Å². The van der Waals surface area contributed by atoms with E-state index in [2.05, 4.69) is 10.3 Å². The Hall–Kier alpha value is -1.33. The van der Waals surface area contributed by atoms with Crippen molar-refractivity contribution in [1.82, 2.24) is 15.2 Å². The first kappa shape index (κ1) is 18.5. The minimum atomic E-state index is -0.213. The number of aryl methyl sites for hydroxylation is 2. The zero-order valence-corrected chi connectivity index (χ0v) is 15.5. The Balaban J connectivity index is 0.00000182. The highest BCUT2D eigenvalue weighted by Crippen LogP contribution is 2.28. The van der Waals surface area contributed by atoms with Gasteiger partial charge < -0.3 is 15.2 Å². The highest BCUT2D eigenvalue weighted by Gasteiger charge is 2.27. The summed E-state index contributed by atoms with van der Waals surface area (Å²) in [5.41, 5.74) is 2.31. The standard InChI is InChI=1S/C19H27N3O2.ClH/c23-18-16(11-14-3-1-2-4-17(14)21-18)19(24)22-9-7-15(8-10-22)20-12-13-5-6-13;/h11,13,15,20H,1-10,12H2,(H,21,23);1H. The monoisotopic (exact) mass is 365 g/mol. The van der Waals surface area contributed by atoms with Gasteiger partial charge in [0, 0.05) is 24.8 Å². The molecule has 4 rings (SSSR count). The summed E-state index contributed by atoms with van der Waals surface area (Å²) < 4.78 is 0. The maximum absolute atomic E-state index is 12.8. The molecule has 2 N–H and O–H groups in total. The molecule has 2 fully saturated rings. The summed E-state index contributed by atoms with van der Waals surface area (Å²) >= 11 is 0. The van der Waals surface area contributed by atoms with Gasteiger partial charge in [0.05, 0.1) is 0 Å². The lowest BCUT2D eigenvalue weighted by molar-refractivity contribution is 0.0703. The number of carbonyl (C=O) groups is 1. The van der Waals surface area contributed by atoms with Crippen molar-refractivity contribution >= 4 is 18.3 Å². The Morgan fingerprint density at radius 1 is 1.16 bits per heavy atom. The van der Waals surface area contributed by atoms with Crippen molar-refractivity contribution in [2.45, 2.75) is 57.4 Å². The molecule has 0 atom stereocenters. The third kappa shape index (κ3) is 4.26. The molecule has 0 bridgehead atoms. The molecule has 1 amide bonds. The van der Waals surface area contributed by atoms with E-state index in [1.165, 1.54) is 12.8 Å². The highest BCUT2D eigenvalue weighted by atomic mass is 35.5. The lowest BCUT2D eigenvalue weighted by Gasteiger charge is -2.32. The number of aromatic amines is 1. The summed E-state index contributed by atoms with van der Waals surface area (Å²) in [6, 6.07) is 2.38. The molecule has 6 heteroatoms. The van der Waals surface area contributed by atoms with E-state index < -0.39 is 0 Å². The van der Waals surface area contributed by atoms with Crippen molar-refractivity contribution in [3.8, 4) is 0 Å². The average Bonchev–Trinajstić information content (AvgIpc) is 3.44. The number of piperidine rings is 1. The van der Waals surface area contributed by atoms with Crippen LogP contribution >= 0.6 is 12.4 Å². The van der Waals surface area contributed by atoms with E-state index in [1.807, 2.05) is 11.0 Å². The molecule has 3 aliphatic rings. The number of nitrogens with one attached hydrogen (secondary N) is 2. The normalized spacial score (nSPS) is 20.7. The van der Waals surface area contributed by atoms with Crippen LogP contribution in [-0.4, -0.2) is 41.5 Å². The second-order valence-corrected chi connectivity index (χ2v) is 7.64. The van der Waals surface area contributed by atoms with Gasteiger partial charge in [0.1, 0.15) is 5.56 Å². The van der Waals surface area contributed by atoms with Crippen LogP contribution in [0.1, 0.15) is 60.1 Å². The van der Waals surface area contributed by atoms with E-state index in [0.29, 0.717) is 11.6 Å². The van der Waals surface area contributed by atoms with Gasteiger partial charge in [-0.3, -0.25) is 9.59 Å². The number of hydrogen-bond acceptors (Lipinski definition) is 3. The summed E-state index contributed by atoms with van der Waals surface area (Å²) in [5, 5.41) is 3.63. The fourth-order valence-electron chi connectivity index (χ4n) is 3.95. The Kier molecular flexibility index (Phi) is 5.85. The van der Waals surface area contributed by atoms with Gasteiger partial charge in [0.2, 0.25) is 0 Å². The topological polar surface area (TPSA) is 65.2 Å². The molecule has 2 aliphatic carbocycles. The third-order valence-corrected chi connectivity index (χ3v) is 5.74. The molecule has 0 unspecified atom stereocenters. The molecule has 25 heavy (non-hydrogen) atoms. The fraction of sp³-hybridized carbons (Fsp3) is 0.684. The van der Waals surface area contributed by atoms with Gasteiger partial charge in [-0.25, -0.2) is 0 Å². The first-order valence-corrected chi connectivity index (χ1v) is 9.48. The second-order valence-electron chi connectivity index (χ2n) is 7.64. The van der Waals surface area contributed by atoms with Crippen molar-refractivity contribution in [2.24, 2.45) is 5.92 Å². The number of pyridine rings is 1. The lowest BCUT2D eigenvalue weighted by atomic mass is 9.94. The van der Waals surface area contributed by atoms with Crippen LogP contribution < -0.4 is 10.9 Å². The van der Waals surface area contributed by atoms with Gasteiger partial charge >= 0.3 is 0 Å². The van der Waals surface area contributed by atoms with Crippen LogP contribution in [0.15, 0.2) is 10.9 Å². The number of hydrogen-bond donors (Lipinski definition) is 2. The summed E-state index contributed by atoms with van der Waals surface area (Å²) in [5.74, 6) is 0.795. The van der Waals surface area contributed by atoms with E-state index >= 15 is 0 Å². The number of carbonyl (C=O) groups excluding carboxylic acids is 1. The number of rotatable bonds is 4. The zero-order chi connectivity index (χ0) is 16.5. The van der Waals surface area contributed by atoms with Crippen LogP contribution in [0.25, 0.3) is 0 Å². The number of amides is 1. The molecular weight excluding hydrogens is 338 g/mol. The summed E-state index contributed by atoms with van der Waals surface area (Å²) in [4.78, 5) is 29.9. The van der Waals surface area contributed by atoms with Crippen molar-refractivity contribution < 1.29 is 4.79 Å². The predicted molar refractivity (Wildman–Crippen MR) is 101 cm³/mol. The molecule has 1 aliphatic heterocycles. The van der Waals surface area contributed by atoms with Crippen LogP contribution in [0, 0.1) is 5.92 Å². The van der Waals surface area contributed by atoms with Crippen molar-refractivity contribution in [1.29, 1.82) is 0 Å². The highest BCUT2D eigenvalue weighted by molar-refractivity contribution is 5.94. The molecule has 1 saturated carbocycles. The van der Waals surface area contributed by atoms with E-state index in [-0.39, 0.29) is 23.9 Å². The van der Waals surface area contributed by atoms with Crippen molar-refractivity contribution in [3.63, 3.8) is 0 Å². The lowest BCUT2D eigenvalue weighted by Crippen LogP contribution is -2.46. The van der Waals surface area contributed by atoms with Crippen LogP contribution in [0.4, 0.5) is 0 Å². The average molecular weight is 366 g/mol. The Labute approximate surface area is 155 Å². The maximum atomic E-state index is 12.8. The molecule has 1 aromatic rings. The molecule has 1 aromatic heterocycles. The van der Waals surface area contributed by atoms with E-state index in [0.717, 1.165) is 75.3 Å². The first-order valence-electron chi connectivity index (χ1n) is 9.48. The summed E-state index contributed by atoms with van der Waals surface area (Å²) in [6.07, 6.45) is 8.87. The molecule has 0 spiro atoms. The second kappa shape index (κ2) is 7.92. The minimum Gasteiger partial charge on any atom is -0.338 e. The van der Waals surface area contributed by atoms with Crippen LogP contribution in [0.3, 0.4) is 0 Å². The van der Waals surface area contributed by atoms with Crippen molar-refractivity contribution in [3.05, 3.63) is 33.2 Å². The van der Waals surface area contributed by atoms with Gasteiger partial charge in [-0.1, -0.05) is 0 Å². The number of H-pyrrole nitrogens is 1. The quantitative estimate of drug-likeness (QED) is 0.860. The van der Waals surface area contributed by atoms with Gasteiger partial charge in [-0.15, -0.1) is 12.4 Å². The minimum absolute atomic E-state index is 0. The Morgan fingerprint density at radius 3 is 2.60 bits per heavy atom. The Bertz CT molecular complexity index is 676. The third-order valence-electron chi connectivity index (χ3n) is 5.74.